The largest absolute Gasteiger partial charge is 0.497 e. The van der Waals surface area contributed by atoms with Crippen LogP contribution in [0.2, 0.25) is 5.02 Å². The van der Waals surface area contributed by atoms with Crippen molar-refractivity contribution < 1.29 is 19.1 Å². The van der Waals surface area contributed by atoms with E-state index in [1.54, 1.807) is 24.1 Å². The van der Waals surface area contributed by atoms with Crippen LogP contribution in [-0.4, -0.2) is 53.2 Å². The molecule has 8 heteroatoms. The first-order chi connectivity index (χ1) is 16.4. The molecule has 1 saturated heterocycles. The Bertz CT molecular complexity index is 1230. The molecular weight excluding hydrogens is 454 g/mol. The molecule has 2 aromatic carbocycles. The molecule has 5 rings (SSSR count). The molecule has 2 aliphatic heterocycles. The Morgan fingerprint density at radius 2 is 2.03 bits per heavy atom. The number of fused-ring (bicyclic) bond motifs is 3. The lowest BCUT2D eigenvalue weighted by molar-refractivity contribution is -0.133. The summed E-state index contributed by atoms with van der Waals surface area (Å²) in [5.41, 5.74) is 1.23. The predicted octanol–water partition coefficient (Wildman–Crippen LogP) is 4.01. The topological polar surface area (TPSA) is 72.8 Å². The van der Waals surface area contributed by atoms with E-state index < -0.39 is 5.54 Å². The quantitative estimate of drug-likeness (QED) is 0.577. The summed E-state index contributed by atoms with van der Waals surface area (Å²) in [5.74, 6) is 0.320. The standard InChI is InChI=1S/C26H28ClN3O4/c1-26(25(32)28-14-21-4-3-11-34-21)16-29-22-13-20(33-2)10-7-18(22)12-23(29)24(31)30(26)15-17-5-8-19(27)9-6-17/h5-10,12-13,21H,3-4,11,14-16H2,1-2H3,(H,28,32)/t21-,26+/m1/s1. The van der Waals surface area contributed by atoms with Gasteiger partial charge in [-0.05, 0) is 55.7 Å². The molecule has 0 radical (unpaired) electrons. The molecule has 1 N–H and O–H groups in total. The van der Waals surface area contributed by atoms with Gasteiger partial charge in [-0.15, -0.1) is 0 Å². The van der Waals surface area contributed by atoms with E-state index in [-0.39, 0.29) is 17.9 Å². The van der Waals surface area contributed by atoms with E-state index in [4.69, 9.17) is 21.1 Å². The van der Waals surface area contributed by atoms with Crippen LogP contribution in [0.5, 0.6) is 5.75 Å². The van der Waals surface area contributed by atoms with Crippen molar-refractivity contribution in [1.82, 2.24) is 14.8 Å². The second-order valence-electron chi connectivity index (χ2n) is 9.18. The third-order valence-corrected chi connectivity index (χ3v) is 7.15. The fourth-order valence-corrected chi connectivity index (χ4v) is 5.01. The van der Waals surface area contributed by atoms with E-state index in [0.29, 0.717) is 36.1 Å². The Morgan fingerprint density at radius 3 is 2.74 bits per heavy atom. The lowest BCUT2D eigenvalue weighted by atomic mass is 9.93. The number of benzene rings is 2. The van der Waals surface area contributed by atoms with Gasteiger partial charge in [-0.1, -0.05) is 23.7 Å². The molecule has 0 saturated carbocycles. The maximum absolute atomic E-state index is 13.8. The van der Waals surface area contributed by atoms with E-state index in [9.17, 15) is 9.59 Å². The van der Waals surface area contributed by atoms with Crippen LogP contribution in [0.3, 0.4) is 0 Å². The Balaban J connectivity index is 1.53. The molecule has 2 amide bonds. The molecule has 1 fully saturated rings. The van der Waals surface area contributed by atoms with Crippen LogP contribution in [0, 0.1) is 0 Å². The summed E-state index contributed by atoms with van der Waals surface area (Å²) in [6.45, 7) is 3.62. The average Bonchev–Trinajstić information content (AvgIpc) is 3.49. The van der Waals surface area contributed by atoms with E-state index >= 15 is 0 Å². The van der Waals surface area contributed by atoms with Gasteiger partial charge in [0.1, 0.15) is 17.0 Å². The lowest BCUT2D eigenvalue weighted by Gasteiger charge is -2.44. The van der Waals surface area contributed by atoms with Crippen LogP contribution in [0.4, 0.5) is 0 Å². The maximum atomic E-state index is 13.8. The fraction of sp³-hybridized carbons (Fsp3) is 0.385. The SMILES string of the molecule is COc1ccc2cc3n(c2c1)C[C@@](C)(C(=O)NC[C@H]1CCCO1)N(Cc1ccc(Cl)cc1)C3=O. The van der Waals surface area contributed by atoms with E-state index in [0.717, 1.165) is 35.9 Å². The number of carbonyl (C=O) groups excluding carboxylic acids is 2. The van der Waals surface area contributed by atoms with Crippen molar-refractivity contribution in [2.24, 2.45) is 0 Å². The second-order valence-corrected chi connectivity index (χ2v) is 9.61. The highest BCUT2D eigenvalue weighted by Crippen LogP contribution is 2.35. The normalized spacial score (nSPS) is 22.1. The van der Waals surface area contributed by atoms with Crippen molar-refractivity contribution >= 4 is 34.3 Å². The number of carbonyl (C=O) groups is 2. The van der Waals surface area contributed by atoms with Gasteiger partial charge in [0.05, 0.1) is 25.3 Å². The summed E-state index contributed by atoms with van der Waals surface area (Å²) in [4.78, 5) is 29.2. The summed E-state index contributed by atoms with van der Waals surface area (Å²) >= 11 is 6.06. The number of halogens is 1. The van der Waals surface area contributed by atoms with E-state index in [2.05, 4.69) is 5.32 Å². The zero-order valence-corrected chi connectivity index (χ0v) is 20.1. The molecule has 0 unspecified atom stereocenters. The number of nitrogens with zero attached hydrogens (tertiary/aromatic N) is 2. The van der Waals surface area contributed by atoms with Gasteiger partial charge in [0.2, 0.25) is 5.91 Å². The molecule has 2 atom stereocenters. The highest BCUT2D eigenvalue weighted by atomic mass is 35.5. The van der Waals surface area contributed by atoms with Gasteiger partial charge in [-0.2, -0.15) is 0 Å². The third-order valence-electron chi connectivity index (χ3n) is 6.89. The highest BCUT2D eigenvalue weighted by Gasteiger charge is 2.47. The predicted molar refractivity (Wildman–Crippen MR) is 130 cm³/mol. The first-order valence-corrected chi connectivity index (χ1v) is 11.9. The molecule has 7 nitrogen and oxygen atoms in total. The van der Waals surface area contributed by atoms with Crippen LogP contribution in [-0.2, 0) is 22.6 Å². The average molecular weight is 482 g/mol. The smallest absolute Gasteiger partial charge is 0.271 e. The molecule has 0 bridgehead atoms. The van der Waals surface area contributed by atoms with Crippen molar-refractivity contribution in [3.8, 4) is 5.75 Å². The van der Waals surface area contributed by atoms with Crippen molar-refractivity contribution in [1.29, 1.82) is 0 Å². The minimum atomic E-state index is -1.10. The minimum Gasteiger partial charge on any atom is -0.497 e. The zero-order valence-electron chi connectivity index (χ0n) is 19.3. The maximum Gasteiger partial charge on any atom is 0.271 e. The van der Waals surface area contributed by atoms with Crippen LogP contribution < -0.4 is 10.1 Å². The third kappa shape index (κ3) is 4.03. The van der Waals surface area contributed by atoms with Crippen LogP contribution in [0.25, 0.3) is 10.9 Å². The Labute approximate surface area is 203 Å². The number of nitrogens with one attached hydrogen (secondary N) is 1. The Kier molecular flexibility index (Phi) is 6.00. The van der Waals surface area contributed by atoms with Gasteiger partial charge >= 0.3 is 0 Å². The molecule has 2 aliphatic rings. The number of hydrogen-bond acceptors (Lipinski definition) is 4. The van der Waals surface area contributed by atoms with Crippen LogP contribution in [0.1, 0.15) is 35.8 Å². The van der Waals surface area contributed by atoms with Crippen molar-refractivity contribution in [2.45, 2.75) is 44.5 Å². The minimum absolute atomic E-state index is 0.0174. The summed E-state index contributed by atoms with van der Waals surface area (Å²) in [5, 5.41) is 4.61. The van der Waals surface area contributed by atoms with Gasteiger partial charge in [0.25, 0.3) is 5.91 Å². The van der Waals surface area contributed by atoms with Gasteiger partial charge in [0, 0.05) is 36.2 Å². The molecule has 3 aromatic rings. The Hall–Kier alpha value is -3.03. The molecule has 0 spiro atoms. The van der Waals surface area contributed by atoms with E-state index in [1.165, 1.54) is 0 Å². The van der Waals surface area contributed by atoms with Crippen LogP contribution >= 0.6 is 11.6 Å². The summed E-state index contributed by atoms with van der Waals surface area (Å²) in [6.07, 6.45) is 1.94. The molecule has 1 aromatic heterocycles. The number of aromatic nitrogens is 1. The number of amides is 2. The van der Waals surface area contributed by atoms with Crippen molar-refractivity contribution in [3.05, 3.63) is 64.8 Å². The fourth-order valence-electron chi connectivity index (χ4n) is 4.88. The number of hydrogen-bond donors (Lipinski definition) is 1. The van der Waals surface area contributed by atoms with Gasteiger partial charge in [-0.25, -0.2) is 0 Å². The van der Waals surface area contributed by atoms with Crippen molar-refractivity contribution in [3.63, 3.8) is 0 Å². The highest BCUT2D eigenvalue weighted by molar-refractivity contribution is 6.30. The van der Waals surface area contributed by atoms with Gasteiger partial charge in [-0.3, -0.25) is 9.59 Å². The second kappa shape index (κ2) is 8.96. The first kappa shape index (κ1) is 22.7. The van der Waals surface area contributed by atoms with Crippen molar-refractivity contribution in [2.75, 3.05) is 20.3 Å². The summed E-state index contributed by atoms with van der Waals surface area (Å²) in [7, 11) is 1.61. The number of methoxy groups -OCH3 is 1. The summed E-state index contributed by atoms with van der Waals surface area (Å²) in [6, 6.07) is 15.0. The molecule has 178 valence electrons. The summed E-state index contributed by atoms with van der Waals surface area (Å²) < 4.78 is 13.0. The number of ether oxygens (including phenoxy) is 2. The number of rotatable bonds is 6. The first-order valence-electron chi connectivity index (χ1n) is 11.5. The molecular formula is C26H28ClN3O4. The van der Waals surface area contributed by atoms with Crippen LogP contribution in [0.15, 0.2) is 48.5 Å². The molecule has 34 heavy (non-hydrogen) atoms. The molecule has 3 heterocycles. The molecule has 0 aliphatic carbocycles. The zero-order chi connectivity index (χ0) is 23.9. The van der Waals surface area contributed by atoms with Gasteiger partial charge < -0.3 is 24.3 Å². The monoisotopic (exact) mass is 481 g/mol. The van der Waals surface area contributed by atoms with Gasteiger partial charge in [0.15, 0.2) is 0 Å². The van der Waals surface area contributed by atoms with E-state index in [1.807, 2.05) is 47.9 Å². The lowest BCUT2D eigenvalue weighted by Crippen LogP contribution is -2.64. The Morgan fingerprint density at radius 1 is 1.24 bits per heavy atom.